The number of hydrogen-bond donors (Lipinski definition) is 1. The molecule has 0 radical (unpaired) electrons. The molecular formula is C18H23N5O2S. The van der Waals surface area contributed by atoms with Crippen LogP contribution in [0, 0.1) is 5.41 Å². The standard InChI is InChI=1S/C18H23N5O2S/c24-15(23-10-6-18(13-23)5-1-7-20-12-18)4-11-26-17-22-21-16(25-17)14-2-8-19-9-3-14/h2-3,8-9,20H,1,4-7,10-13H2/t18-/m1/s1. The van der Waals surface area contributed by atoms with E-state index in [1.165, 1.54) is 24.6 Å². The van der Waals surface area contributed by atoms with Crippen LogP contribution in [-0.2, 0) is 4.79 Å². The number of carbonyl (C=O) groups is 1. The molecule has 2 aromatic heterocycles. The van der Waals surface area contributed by atoms with E-state index in [4.69, 9.17) is 4.42 Å². The average Bonchev–Trinajstić information content (AvgIpc) is 3.31. The smallest absolute Gasteiger partial charge is 0.276 e. The lowest BCUT2D eigenvalue weighted by Crippen LogP contribution is -2.42. The Morgan fingerprint density at radius 3 is 3.00 bits per heavy atom. The summed E-state index contributed by atoms with van der Waals surface area (Å²) in [5.41, 5.74) is 1.16. The number of hydrogen-bond acceptors (Lipinski definition) is 7. The number of amides is 1. The summed E-state index contributed by atoms with van der Waals surface area (Å²) in [4.78, 5) is 18.5. The van der Waals surface area contributed by atoms with Crippen LogP contribution in [0.25, 0.3) is 11.5 Å². The van der Waals surface area contributed by atoms with Gasteiger partial charge in [0.15, 0.2) is 0 Å². The molecule has 0 aliphatic carbocycles. The molecule has 0 saturated carbocycles. The summed E-state index contributed by atoms with van der Waals surface area (Å²) < 4.78 is 5.65. The number of nitrogens with one attached hydrogen (secondary N) is 1. The van der Waals surface area contributed by atoms with Crippen molar-refractivity contribution in [2.45, 2.75) is 30.9 Å². The van der Waals surface area contributed by atoms with Gasteiger partial charge < -0.3 is 14.6 Å². The SMILES string of the molecule is O=C(CCSc1nnc(-c2ccncc2)o1)N1CC[C@@]2(CCCNC2)C1. The number of piperidine rings is 1. The molecule has 2 aliphatic rings. The third kappa shape index (κ3) is 3.91. The van der Waals surface area contributed by atoms with Crippen molar-refractivity contribution in [3.63, 3.8) is 0 Å². The van der Waals surface area contributed by atoms with Gasteiger partial charge in [-0.05, 0) is 37.9 Å². The second kappa shape index (κ2) is 7.75. The molecule has 2 saturated heterocycles. The minimum absolute atomic E-state index is 0.230. The summed E-state index contributed by atoms with van der Waals surface area (Å²) in [6.45, 7) is 3.94. The van der Waals surface area contributed by atoms with E-state index in [1.807, 2.05) is 17.0 Å². The van der Waals surface area contributed by atoms with Crippen molar-refractivity contribution < 1.29 is 9.21 Å². The Morgan fingerprint density at radius 2 is 2.19 bits per heavy atom. The Hall–Kier alpha value is -1.93. The molecule has 4 rings (SSSR count). The number of likely N-dealkylation sites (tertiary alicyclic amines) is 1. The predicted molar refractivity (Wildman–Crippen MR) is 98.6 cm³/mol. The molecule has 1 spiro atoms. The minimum atomic E-state index is 0.230. The number of thioether (sulfide) groups is 1. The minimum Gasteiger partial charge on any atom is -0.411 e. The van der Waals surface area contributed by atoms with E-state index >= 15 is 0 Å². The first kappa shape index (κ1) is 17.5. The summed E-state index contributed by atoms with van der Waals surface area (Å²) in [6.07, 6.45) is 7.46. The van der Waals surface area contributed by atoms with Crippen LogP contribution in [0.2, 0.25) is 0 Å². The molecule has 4 heterocycles. The van der Waals surface area contributed by atoms with Crippen LogP contribution < -0.4 is 5.32 Å². The molecule has 2 aliphatic heterocycles. The summed E-state index contributed by atoms with van der Waals surface area (Å²) in [5, 5.41) is 12.1. The Labute approximate surface area is 157 Å². The van der Waals surface area contributed by atoms with Gasteiger partial charge in [-0.2, -0.15) is 0 Å². The van der Waals surface area contributed by atoms with Gasteiger partial charge in [0, 0.05) is 55.2 Å². The highest BCUT2D eigenvalue weighted by Gasteiger charge is 2.40. The molecule has 8 heteroatoms. The molecule has 26 heavy (non-hydrogen) atoms. The first-order valence-electron chi connectivity index (χ1n) is 9.09. The zero-order valence-electron chi connectivity index (χ0n) is 14.7. The Balaban J connectivity index is 1.25. The fourth-order valence-electron chi connectivity index (χ4n) is 3.79. The van der Waals surface area contributed by atoms with Crippen LogP contribution in [-0.4, -0.2) is 57.9 Å². The maximum absolute atomic E-state index is 12.5. The van der Waals surface area contributed by atoms with Crippen molar-refractivity contribution in [1.29, 1.82) is 0 Å². The van der Waals surface area contributed by atoms with Gasteiger partial charge in [0.05, 0.1) is 0 Å². The first-order valence-corrected chi connectivity index (χ1v) is 10.1. The summed E-state index contributed by atoms with van der Waals surface area (Å²) >= 11 is 1.43. The lowest BCUT2D eigenvalue weighted by molar-refractivity contribution is -0.130. The van der Waals surface area contributed by atoms with Crippen molar-refractivity contribution in [2.24, 2.45) is 5.41 Å². The van der Waals surface area contributed by atoms with E-state index in [0.717, 1.165) is 38.2 Å². The number of pyridine rings is 1. The monoisotopic (exact) mass is 373 g/mol. The molecular weight excluding hydrogens is 350 g/mol. The second-order valence-electron chi connectivity index (χ2n) is 7.05. The van der Waals surface area contributed by atoms with Crippen LogP contribution in [0.5, 0.6) is 0 Å². The lowest BCUT2D eigenvalue weighted by atomic mass is 9.80. The number of aromatic nitrogens is 3. The van der Waals surface area contributed by atoms with Gasteiger partial charge in [-0.1, -0.05) is 11.8 Å². The lowest BCUT2D eigenvalue weighted by Gasteiger charge is -2.33. The highest BCUT2D eigenvalue weighted by Crippen LogP contribution is 2.36. The van der Waals surface area contributed by atoms with Crippen molar-refractivity contribution >= 4 is 17.7 Å². The molecule has 7 nitrogen and oxygen atoms in total. The number of rotatable bonds is 5. The second-order valence-corrected chi connectivity index (χ2v) is 8.10. The van der Waals surface area contributed by atoms with Gasteiger partial charge in [-0.15, -0.1) is 10.2 Å². The van der Waals surface area contributed by atoms with E-state index in [1.54, 1.807) is 12.4 Å². The fourth-order valence-corrected chi connectivity index (χ4v) is 4.48. The van der Waals surface area contributed by atoms with Crippen molar-refractivity contribution in [3.05, 3.63) is 24.5 Å². The molecule has 138 valence electrons. The molecule has 1 atom stereocenters. The van der Waals surface area contributed by atoms with E-state index in [0.29, 0.717) is 28.7 Å². The third-order valence-corrected chi connectivity index (χ3v) is 6.05. The van der Waals surface area contributed by atoms with E-state index < -0.39 is 0 Å². The quantitative estimate of drug-likeness (QED) is 0.805. The predicted octanol–water partition coefficient (Wildman–Crippen LogP) is 2.22. The zero-order valence-corrected chi connectivity index (χ0v) is 15.5. The highest BCUT2D eigenvalue weighted by molar-refractivity contribution is 7.99. The van der Waals surface area contributed by atoms with E-state index in [2.05, 4.69) is 20.5 Å². The van der Waals surface area contributed by atoms with E-state index in [-0.39, 0.29) is 5.91 Å². The van der Waals surface area contributed by atoms with Crippen LogP contribution in [0.15, 0.2) is 34.2 Å². The van der Waals surface area contributed by atoms with Crippen molar-refractivity contribution in [2.75, 3.05) is 31.9 Å². The first-order chi connectivity index (χ1) is 12.7. The van der Waals surface area contributed by atoms with Gasteiger partial charge in [-0.25, -0.2) is 0 Å². The van der Waals surface area contributed by atoms with Gasteiger partial charge in [-0.3, -0.25) is 9.78 Å². The molecule has 1 N–H and O–H groups in total. The zero-order chi connectivity index (χ0) is 17.8. The largest absolute Gasteiger partial charge is 0.411 e. The van der Waals surface area contributed by atoms with Gasteiger partial charge in [0.1, 0.15) is 0 Å². The van der Waals surface area contributed by atoms with Gasteiger partial charge in [0.25, 0.3) is 5.22 Å². The third-order valence-electron chi connectivity index (χ3n) is 5.23. The summed E-state index contributed by atoms with van der Waals surface area (Å²) in [7, 11) is 0. The molecule has 0 unspecified atom stereocenters. The molecule has 2 aromatic rings. The van der Waals surface area contributed by atoms with Crippen LogP contribution in [0.1, 0.15) is 25.7 Å². The van der Waals surface area contributed by atoms with Crippen molar-refractivity contribution in [3.8, 4) is 11.5 Å². The number of nitrogens with zero attached hydrogens (tertiary/aromatic N) is 4. The Bertz CT molecular complexity index is 745. The summed E-state index contributed by atoms with van der Waals surface area (Å²) in [6, 6.07) is 3.66. The molecule has 2 fully saturated rings. The van der Waals surface area contributed by atoms with Crippen LogP contribution >= 0.6 is 11.8 Å². The highest BCUT2D eigenvalue weighted by atomic mass is 32.2. The molecule has 1 amide bonds. The molecule has 0 aromatic carbocycles. The topological polar surface area (TPSA) is 84.1 Å². The van der Waals surface area contributed by atoms with Crippen LogP contribution in [0.4, 0.5) is 0 Å². The maximum atomic E-state index is 12.5. The van der Waals surface area contributed by atoms with Gasteiger partial charge >= 0.3 is 0 Å². The van der Waals surface area contributed by atoms with Crippen LogP contribution in [0.3, 0.4) is 0 Å². The van der Waals surface area contributed by atoms with E-state index in [9.17, 15) is 4.79 Å². The number of carbonyl (C=O) groups excluding carboxylic acids is 1. The van der Waals surface area contributed by atoms with Crippen molar-refractivity contribution in [1.82, 2.24) is 25.4 Å². The Kier molecular flexibility index (Phi) is 5.21. The average molecular weight is 373 g/mol. The maximum Gasteiger partial charge on any atom is 0.276 e. The summed E-state index contributed by atoms with van der Waals surface area (Å²) in [5.74, 6) is 1.36. The fraction of sp³-hybridized carbons (Fsp3) is 0.556. The Morgan fingerprint density at radius 1 is 1.31 bits per heavy atom. The normalized spacial score (nSPS) is 22.8. The molecule has 0 bridgehead atoms. The van der Waals surface area contributed by atoms with Gasteiger partial charge in [0.2, 0.25) is 11.8 Å².